The molecule has 0 aliphatic rings. The molecule has 0 aromatic heterocycles. The normalized spacial score (nSPS) is 11.1. The van der Waals surface area contributed by atoms with Crippen LogP contribution in [-0.2, 0) is 9.53 Å². The Hall–Kier alpha value is -1.29. The third kappa shape index (κ3) is 3.33. The molecule has 0 bridgehead atoms. The number of hydrogen-bond donors (Lipinski definition) is 0. The van der Waals surface area contributed by atoms with Crippen LogP contribution < -0.4 is 4.74 Å². The molecule has 0 aliphatic heterocycles. The molecule has 94 valence electrons. The van der Waals surface area contributed by atoms with Gasteiger partial charge in [-0.05, 0) is 26.0 Å². The van der Waals surface area contributed by atoms with Crippen molar-refractivity contribution in [3.63, 3.8) is 0 Å². The van der Waals surface area contributed by atoms with E-state index in [1.165, 1.54) is 25.3 Å². The highest BCUT2D eigenvalue weighted by molar-refractivity contribution is 6.32. The van der Waals surface area contributed by atoms with E-state index in [9.17, 15) is 9.18 Å². The number of benzene rings is 1. The molecule has 1 aromatic carbocycles. The first-order valence-electron chi connectivity index (χ1n) is 5.03. The molecule has 3 nitrogen and oxygen atoms in total. The van der Waals surface area contributed by atoms with Gasteiger partial charge in [0, 0.05) is 0 Å². The molecule has 0 saturated heterocycles. The average molecular weight is 261 g/mol. The zero-order valence-electron chi connectivity index (χ0n) is 9.92. The Morgan fingerprint density at radius 2 is 2.12 bits per heavy atom. The van der Waals surface area contributed by atoms with Gasteiger partial charge < -0.3 is 9.47 Å². The monoisotopic (exact) mass is 260 g/mol. The van der Waals surface area contributed by atoms with Crippen LogP contribution in [0.15, 0.2) is 18.2 Å². The van der Waals surface area contributed by atoms with Crippen LogP contribution in [-0.4, -0.2) is 19.7 Å². The maximum Gasteiger partial charge on any atom is 0.314 e. The van der Waals surface area contributed by atoms with Crippen molar-refractivity contribution in [1.82, 2.24) is 0 Å². The van der Waals surface area contributed by atoms with Crippen LogP contribution in [0.1, 0.15) is 13.8 Å². The van der Waals surface area contributed by atoms with E-state index in [2.05, 4.69) is 4.74 Å². The molecule has 0 heterocycles. The van der Waals surface area contributed by atoms with Gasteiger partial charge in [-0.15, -0.1) is 0 Å². The number of rotatable bonds is 4. The number of hydrogen-bond acceptors (Lipinski definition) is 3. The topological polar surface area (TPSA) is 35.5 Å². The summed E-state index contributed by atoms with van der Waals surface area (Å²) in [7, 11) is 1.29. The highest BCUT2D eigenvalue weighted by Gasteiger charge is 2.30. The molecule has 0 fully saturated rings. The van der Waals surface area contributed by atoms with Crippen molar-refractivity contribution in [3.05, 3.63) is 29.0 Å². The van der Waals surface area contributed by atoms with Gasteiger partial charge in [0.1, 0.15) is 6.61 Å². The number of carbonyl (C=O) groups is 1. The van der Waals surface area contributed by atoms with Crippen molar-refractivity contribution in [2.24, 2.45) is 5.41 Å². The van der Waals surface area contributed by atoms with Gasteiger partial charge in [-0.1, -0.05) is 17.7 Å². The van der Waals surface area contributed by atoms with Crippen molar-refractivity contribution >= 4 is 17.6 Å². The maximum atomic E-state index is 13.4. The molecule has 0 amide bonds. The van der Waals surface area contributed by atoms with E-state index in [4.69, 9.17) is 16.3 Å². The van der Waals surface area contributed by atoms with Crippen LogP contribution in [0.25, 0.3) is 0 Å². The molecule has 0 atom stereocenters. The Morgan fingerprint density at radius 1 is 1.47 bits per heavy atom. The summed E-state index contributed by atoms with van der Waals surface area (Å²) in [6, 6.07) is 4.24. The van der Waals surface area contributed by atoms with E-state index in [-0.39, 0.29) is 17.4 Å². The largest absolute Gasteiger partial charge is 0.488 e. The maximum absolute atomic E-state index is 13.4. The van der Waals surface area contributed by atoms with Crippen LogP contribution in [0, 0.1) is 11.2 Å². The summed E-state index contributed by atoms with van der Waals surface area (Å²) in [5.41, 5.74) is -0.861. The molecule has 0 saturated carbocycles. The van der Waals surface area contributed by atoms with E-state index < -0.39 is 17.2 Å². The van der Waals surface area contributed by atoms with E-state index in [1.54, 1.807) is 13.8 Å². The molecule has 17 heavy (non-hydrogen) atoms. The Kier molecular flexibility index (Phi) is 4.34. The predicted octanol–water partition coefficient (Wildman–Crippen LogP) is 3.06. The molecule has 1 aromatic rings. The highest BCUT2D eigenvalue weighted by Crippen LogP contribution is 2.29. The molecular weight excluding hydrogens is 247 g/mol. The van der Waals surface area contributed by atoms with E-state index >= 15 is 0 Å². The van der Waals surface area contributed by atoms with Gasteiger partial charge in [0.05, 0.1) is 17.5 Å². The number of methoxy groups -OCH3 is 1. The second-order valence-electron chi connectivity index (χ2n) is 4.21. The van der Waals surface area contributed by atoms with Gasteiger partial charge in [-0.3, -0.25) is 4.79 Å². The van der Waals surface area contributed by atoms with Gasteiger partial charge in [0.15, 0.2) is 11.6 Å². The summed E-state index contributed by atoms with van der Waals surface area (Å²) in [6.07, 6.45) is 0. The Bertz CT molecular complexity index is 398. The van der Waals surface area contributed by atoms with Crippen molar-refractivity contribution in [1.29, 1.82) is 0 Å². The lowest BCUT2D eigenvalue weighted by molar-refractivity contribution is -0.152. The van der Waals surface area contributed by atoms with Crippen molar-refractivity contribution < 1.29 is 18.7 Å². The number of ether oxygens (including phenoxy) is 2. The fourth-order valence-corrected chi connectivity index (χ4v) is 1.43. The zero-order valence-corrected chi connectivity index (χ0v) is 10.7. The SMILES string of the molecule is COC(=O)C(C)(C)COc1c(F)cccc1Cl. The standard InChI is InChI=1S/C12H14ClFO3/c1-12(2,11(15)16-3)7-17-10-8(13)5-4-6-9(10)14/h4-6H,7H2,1-3H3. The van der Waals surface area contributed by atoms with Gasteiger partial charge in [-0.25, -0.2) is 4.39 Å². The first kappa shape index (κ1) is 13.8. The molecule has 1 rings (SSSR count). The first-order valence-corrected chi connectivity index (χ1v) is 5.41. The van der Waals surface area contributed by atoms with Crippen molar-refractivity contribution in [2.75, 3.05) is 13.7 Å². The van der Waals surface area contributed by atoms with Crippen LogP contribution in [0.5, 0.6) is 5.75 Å². The van der Waals surface area contributed by atoms with Crippen molar-refractivity contribution in [3.8, 4) is 5.75 Å². The lowest BCUT2D eigenvalue weighted by Crippen LogP contribution is -2.32. The summed E-state index contributed by atoms with van der Waals surface area (Å²) < 4.78 is 23.2. The summed E-state index contributed by atoms with van der Waals surface area (Å²) in [4.78, 5) is 11.4. The molecule has 0 aliphatic carbocycles. The molecule has 0 unspecified atom stereocenters. The van der Waals surface area contributed by atoms with E-state index in [1.807, 2.05) is 0 Å². The van der Waals surface area contributed by atoms with Crippen LogP contribution in [0.2, 0.25) is 5.02 Å². The Labute approximate surface area is 104 Å². The predicted molar refractivity (Wildman–Crippen MR) is 62.7 cm³/mol. The summed E-state index contributed by atoms with van der Waals surface area (Å²) in [5, 5.41) is 0.172. The lowest BCUT2D eigenvalue weighted by atomic mass is 9.95. The Balaban J connectivity index is 2.77. The summed E-state index contributed by atoms with van der Waals surface area (Å²) in [5.74, 6) is -1.03. The van der Waals surface area contributed by atoms with Crippen molar-refractivity contribution in [2.45, 2.75) is 13.8 Å². The quantitative estimate of drug-likeness (QED) is 0.781. The highest BCUT2D eigenvalue weighted by atomic mass is 35.5. The molecule has 0 N–H and O–H groups in total. The number of halogens is 2. The molecule has 5 heteroatoms. The third-order valence-corrected chi connectivity index (χ3v) is 2.53. The minimum Gasteiger partial charge on any atom is -0.488 e. The number of esters is 1. The second kappa shape index (κ2) is 5.36. The zero-order chi connectivity index (χ0) is 13.1. The molecule has 0 spiro atoms. The Morgan fingerprint density at radius 3 is 2.65 bits per heavy atom. The third-order valence-electron chi connectivity index (χ3n) is 2.23. The van der Waals surface area contributed by atoms with E-state index in [0.717, 1.165) is 0 Å². The van der Waals surface area contributed by atoms with Crippen LogP contribution in [0.4, 0.5) is 4.39 Å². The molecule has 0 radical (unpaired) electrons. The smallest absolute Gasteiger partial charge is 0.314 e. The van der Waals surface area contributed by atoms with Gasteiger partial charge in [0.25, 0.3) is 0 Å². The first-order chi connectivity index (χ1) is 7.88. The minimum absolute atomic E-state index is 0.0136. The summed E-state index contributed by atoms with van der Waals surface area (Å²) in [6.45, 7) is 3.28. The average Bonchev–Trinajstić information content (AvgIpc) is 2.27. The second-order valence-corrected chi connectivity index (χ2v) is 4.62. The van der Waals surface area contributed by atoms with Crippen LogP contribution >= 0.6 is 11.6 Å². The molecular formula is C12H14ClFO3. The lowest BCUT2D eigenvalue weighted by Gasteiger charge is -2.22. The van der Waals surface area contributed by atoms with Crippen LogP contribution in [0.3, 0.4) is 0 Å². The number of para-hydroxylation sites is 1. The van der Waals surface area contributed by atoms with Gasteiger partial charge in [-0.2, -0.15) is 0 Å². The van der Waals surface area contributed by atoms with E-state index in [0.29, 0.717) is 0 Å². The fourth-order valence-electron chi connectivity index (χ4n) is 1.21. The fraction of sp³-hybridized carbons (Fsp3) is 0.417. The van der Waals surface area contributed by atoms with Gasteiger partial charge >= 0.3 is 5.97 Å². The number of carbonyl (C=O) groups excluding carboxylic acids is 1. The van der Waals surface area contributed by atoms with Gasteiger partial charge in [0.2, 0.25) is 0 Å². The minimum atomic E-state index is -0.861. The summed E-state index contributed by atoms with van der Waals surface area (Å²) >= 11 is 5.79.